The standard InChI is InChI=1S/C14H14ClNO5/c15-9-5-16(13(20)8-4-2-1-3-7(8)9)14-12(19)11(18)10(6-17)21-14/h1-5,10-12,14,17-19H,6H2/t10-,11-,12+,14-/m1/s1. The molecule has 0 amide bonds. The van der Waals surface area contributed by atoms with Crippen LogP contribution in [0.1, 0.15) is 6.23 Å². The van der Waals surface area contributed by atoms with Gasteiger partial charge in [0.1, 0.15) is 18.3 Å². The highest BCUT2D eigenvalue weighted by atomic mass is 35.5. The van der Waals surface area contributed by atoms with E-state index >= 15 is 0 Å². The zero-order chi connectivity index (χ0) is 15.1. The Kier molecular flexibility index (Phi) is 3.73. The fourth-order valence-electron chi connectivity index (χ4n) is 2.57. The summed E-state index contributed by atoms with van der Waals surface area (Å²) in [5.41, 5.74) is -0.384. The fraction of sp³-hybridized carbons (Fsp3) is 0.357. The van der Waals surface area contributed by atoms with Crippen LogP contribution in [0.3, 0.4) is 0 Å². The Morgan fingerprint density at radius 2 is 1.86 bits per heavy atom. The molecule has 0 bridgehead atoms. The van der Waals surface area contributed by atoms with Crippen LogP contribution in [0.15, 0.2) is 35.3 Å². The number of fused-ring (bicyclic) bond motifs is 1. The minimum absolute atomic E-state index is 0.336. The first-order valence-electron chi connectivity index (χ1n) is 6.46. The quantitative estimate of drug-likeness (QED) is 0.740. The summed E-state index contributed by atoms with van der Waals surface area (Å²) in [6.07, 6.45) is -3.25. The van der Waals surface area contributed by atoms with Gasteiger partial charge in [-0.25, -0.2) is 0 Å². The summed E-state index contributed by atoms with van der Waals surface area (Å²) < 4.78 is 6.51. The van der Waals surface area contributed by atoms with Gasteiger partial charge in [0, 0.05) is 17.0 Å². The van der Waals surface area contributed by atoms with E-state index in [1.165, 1.54) is 6.20 Å². The SMILES string of the molecule is O=c1c2ccccc2c(Cl)cn1[C@@H]1O[C@H](CO)[C@@H](O)[C@@H]1O. The van der Waals surface area contributed by atoms with Crippen molar-refractivity contribution in [2.45, 2.75) is 24.5 Å². The third-order valence-corrected chi connectivity index (χ3v) is 3.99. The summed E-state index contributed by atoms with van der Waals surface area (Å²) in [6.45, 7) is -0.454. The van der Waals surface area contributed by atoms with Gasteiger partial charge in [-0.05, 0) is 6.07 Å². The van der Waals surface area contributed by atoms with Crippen LogP contribution in [0.4, 0.5) is 0 Å². The van der Waals surface area contributed by atoms with Crippen molar-refractivity contribution in [3.63, 3.8) is 0 Å². The van der Waals surface area contributed by atoms with E-state index in [4.69, 9.17) is 21.4 Å². The Labute approximate surface area is 124 Å². The van der Waals surface area contributed by atoms with E-state index < -0.39 is 31.1 Å². The van der Waals surface area contributed by atoms with Gasteiger partial charge in [0.05, 0.1) is 11.6 Å². The Balaban J connectivity index is 2.14. The van der Waals surface area contributed by atoms with Crippen LogP contribution < -0.4 is 5.56 Å². The summed E-state index contributed by atoms with van der Waals surface area (Å²) in [7, 11) is 0. The Hall–Kier alpha value is -1.44. The summed E-state index contributed by atoms with van der Waals surface area (Å²) in [5.74, 6) is 0. The molecule has 21 heavy (non-hydrogen) atoms. The van der Waals surface area contributed by atoms with E-state index in [9.17, 15) is 15.0 Å². The smallest absolute Gasteiger partial charge is 0.260 e. The Bertz CT molecular complexity index is 731. The minimum Gasteiger partial charge on any atom is -0.394 e. The number of benzene rings is 1. The van der Waals surface area contributed by atoms with Crippen LogP contribution in [0.25, 0.3) is 10.8 Å². The lowest BCUT2D eigenvalue weighted by molar-refractivity contribution is -0.0541. The maximum Gasteiger partial charge on any atom is 0.260 e. The average molecular weight is 312 g/mol. The molecule has 3 rings (SSSR count). The number of ether oxygens (including phenoxy) is 1. The lowest BCUT2D eigenvalue weighted by atomic mass is 10.1. The number of nitrogens with zero attached hydrogens (tertiary/aromatic N) is 1. The number of hydrogen-bond acceptors (Lipinski definition) is 5. The van der Waals surface area contributed by atoms with Crippen molar-refractivity contribution in [2.24, 2.45) is 0 Å². The third kappa shape index (κ3) is 2.25. The van der Waals surface area contributed by atoms with Crippen molar-refractivity contribution >= 4 is 22.4 Å². The van der Waals surface area contributed by atoms with E-state index in [0.717, 1.165) is 4.57 Å². The van der Waals surface area contributed by atoms with E-state index in [-0.39, 0.29) is 5.56 Å². The molecule has 2 heterocycles. The average Bonchev–Trinajstić information content (AvgIpc) is 2.79. The molecule has 0 aliphatic carbocycles. The monoisotopic (exact) mass is 311 g/mol. The zero-order valence-corrected chi connectivity index (χ0v) is 11.6. The third-order valence-electron chi connectivity index (χ3n) is 3.69. The van der Waals surface area contributed by atoms with Crippen molar-refractivity contribution in [3.8, 4) is 0 Å². The molecule has 0 unspecified atom stereocenters. The summed E-state index contributed by atoms with van der Waals surface area (Å²) in [4.78, 5) is 12.5. The molecule has 2 aromatic rings. The van der Waals surface area contributed by atoms with Gasteiger partial charge in [-0.15, -0.1) is 0 Å². The number of aliphatic hydroxyl groups is 3. The molecule has 4 atom stereocenters. The summed E-state index contributed by atoms with van der Waals surface area (Å²) in [5, 5.41) is 30.2. The van der Waals surface area contributed by atoms with E-state index in [0.29, 0.717) is 15.8 Å². The van der Waals surface area contributed by atoms with E-state index in [1.54, 1.807) is 24.3 Å². The highest BCUT2D eigenvalue weighted by Gasteiger charge is 2.43. The largest absolute Gasteiger partial charge is 0.394 e. The second-order valence-electron chi connectivity index (χ2n) is 4.96. The van der Waals surface area contributed by atoms with E-state index in [2.05, 4.69) is 0 Å². The maximum atomic E-state index is 12.5. The van der Waals surface area contributed by atoms with Crippen molar-refractivity contribution in [2.75, 3.05) is 6.61 Å². The van der Waals surface area contributed by atoms with Gasteiger partial charge in [-0.1, -0.05) is 29.8 Å². The van der Waals surface area contributed by atoms with Crippen molar-refractivity contribution < 1.29 is 20.1 Å². The van der Waals surface area contributed by atoms with Crippen molar-refractivity contribution in [1.29, 1.82) is 0 Å². The lowest BCUT2D eigenvalue weighted by Crippen LogP contribution is -2.35. The van der Waals surface area contributed by atoms with Gasteiger partial charge in [-0.2, -0.15) is 0 Å². The van der Waals surface area contributed by atoms with Gasteiger partial charge < -0.3 is 20.1 Å². The number of hydrogen-bond donors (Lipinski definition) is 3. The highest BCUT2D eigenvalue weighted by Crippen LogP contribution is 2.30. The molecule has 1 aromatic heterocycles. The topological polar surface area (TPSA) is 91.9 Å². The van der Waals surface area contributed by atoms with Crippen LogP contribution in [-0.4, -0.2) is 44.8 Å². The first kappa shape index (κ1) is 14.5. The number of rotatable bonds is 2. The molecule has 112 valence electrons. The number of aliphatic hydroxyl groups excluding tert-OH is 3. The normalized spacial score (nSPS) is 29.1. The molecule has 1 aliphatic heterocycles. The second-order valence-corrected chi connectivity index (χ2v) is 5.37. The predicted molar refractivity (Wildman–Crippen MR) is 76.2 cm³/mol. The minimum atomic E-state index is -1.32. The van der Waals surface area contributed by atoms with Gasteiger partial charge in [0.25, 0.3) is 5.56 Å². The molecule has 1 fully saturated rings. The van der Waals surface area contributed by atoms with Gasteiger partial charge in [-0.3, -0.25) is 9.36 Å². The molecule has 0 spiro atoms. The molecule has 1 aromatic carbocycles. The molecule has 3 N–H and O–H groups in total. The molecule has 1 saturated heterocycles. The fourth-order valence-corrected chi connectivity index (χ4v) is 2.84. The molecule has 6 nitrogen and oxygen atoms in total. The molecular formula is C14H14ClNO5. The number of halogens is 1. The Morgan fingerprint density at radius 1 is 1.19 bits per heavy atom. The summed E-state index contributed by atoms with van der Waals surface area (Å²) in [6, 6.07) is 6.83. The first-order chi connectivity index (χ1) is 10.0. The van der Waals surface area contributed by atoms with E-state index in [1.807, 2.05) is 0 Å². The highest BCUT2D eigenvalue weighted by molar-refractivity contribution is 6.35. The lowest BCUT2D eigenvalue weighted by Gasteiger charge is -2.18. The predicted octanol–water partition coefficient (Wildman–Crippen LogP) is 0.266. The van der Waals surface area contributed by atoms with Crippen molar-refractivity contribution in [3.05, 3.63) is 45.8 Å². The van der Waals surface area contributed by atoms with Crippen LogP contribution in [0.5, 0.6) is 0 Å². The van der Waals surface area contributed by atoms with Gasteiger partial charge >= 0.3 is 0 Å². The van der Waals surface area contributed by atoms with Crippen LogP contribution in [0.2, 0.25) is 5.02 Å². The van der Waals surface area contributed by atoms with Gasteiger partial charge in [0.15, 0.2) is 6.23 Å². The molecule has 0 saturated carbocycles. The van der Waals surface area contributed by atoms with Crippen LogP contribution in [-0.2, 0) is 4.74 Å². The van der Waals surface area contributed by atoms with Crippen LogP contribution >= 0.6 is 11.6 Å². The molecule has 0 radical (unpaired) electrons. The Morgan fingerprint density at radius 3 is 2.48 bits per heavy atom. The van der Waals surface area contributed by atoms with Crippen molar-refractivity contribution in [1.82, 2.24) is 4.57 Å². The number of pyridine rings is 1. The first-order valence-corrected chi connectivity index (χ1v) is 6.84. The summed E-state index contributed by atoms with van der Waals surface area (Å²) >= 11 is 6.16. The zero-order valence-electron chi connectivity index (χ0n) is 10.9. The molecule has 7 heteroatoms. The molecule has 1 aliphatic rings. The molecular weight excluding hydrogens is 298 g/mol. The maximum absolute atomic E-state index is 12.5. The number of aromatic nitrogens is 1. The second kappa shape index (κ2) is 5.40. The van der Waals surface area contributed by atoms with Gasteiger partial charge in [0.2, 0.25) is 0 Å². The van der Waals surface area contributed by atoms with Crippen LogP contribution in [0, 0.1) is 0 Å².